The Kier molecular flexibility index (Phi) is 4.26. The van der Waals surface area contributed by atoms with Gasteiger partial charge >= 0.3 is 0 Å². The van der Waals surface area contributed by atoms with Crippen LogP contribution >= 0.6 is 46.0 Å². The Balaban J connectivity index is 1.68. The molecule has 1 N–H and O–H groups in total. The van der Waals surface area contributed by atoms with Crippen LogP contribution in [-0.4, -0.2) is 16.6 Å². The molecule has 0 saturated heterocycles. The highest BCUT2D eigenvalue weighted by molar-refractivity contribution is 8.02. The number of thiazole rings is 1. The third kappa shape index (κ3) is 2.98. The van der Waals surface area contributed by atoms with Crippen molar-refractivity contribution in [3.63, 3.8) is 0 Å². The van der Waals surface area contributed by atoms with E-state index in [9.17, 15) is 4.79 Å². The summed E-state index contributed by atoms with van der Waals surface area (Å²) in [6.45, 7) is 0. The standard InChI is InChI=1S/C13H9ClN2OS3/c14-11-8-3-1-2-4-9(8)20-12(11)19-7-10(17)16-13-15-5-6-18-13/h1-6H,7H2,(H,15,16,17). The van der Waals surface area contributed by atoms with Gasteiger partial charge in [0.05, 0.1) is 15.0 Å². The van der Waals surface area contributed by atoms with Crippen molar-refractivity contribution in [1.82, 2.24) is 4.98 Å². The average molecular weight is 341 g/mol. The molecule has 0 saturated carbocycles. The minimum absolute atomic E-state index is 0.0709. The molecule has 102 valence electrons. The van der Waals surface area contributed by atoms with Crippen LogP contribution in [0.15, 0.2) is 40.1 Å². The molecular weight excluding hydrogens is 332 g/mol. The number of amides is 1. The highest BCUT2D eigenvalue weighted by Gasteiger charge is 2.12. The summed E-state index contributed by atoms with van der Waals surface area (Å²) in [5.74, 6) is 0.255. The van der Waals surface area contributed by atoms with E-state index in [0.29, 0.717) is 10.9 Å². The normalized spacial score (nSPS) is 10.8. The van der Waals surface area contributed by atoms with Gasteiger partial charge in [0, 0.05) is 21.7 Å². The van der Waals surface area contributed by atoms with E-state index in [-0.39, 0.29) is 5.91 Å². The van der Waals surface area contributed by atoms with Gasteiger partial charge in [-0.3, -0.25) is 4.79 Å². The first-order chi connectivity index (χ1) is 9.74. The molecule has 0 unspecified atom stereocenters. The van der Waals surface area contributed by atoms with E-state index >= 15 is 0 Å². The van der Waals surface area contributed by atoms with Crippen molar-refractivity contribution in [3.8, 4) is 0 Å². The van der Waals surface area contributed by atoms with Crippen molar-refractivity contribution in [2.24, 2.45) is 0 Å². The average Bonchev–Trinajstić information content (AvgIpc) is 3.06. The zero-order valence-electron chi connectivity index (χ0n) is 10.1. The highest BCUT2D eigenvalue weighted by Crippen LogP contribution is 2.41. The molecule has 3 aromatic rings. The molecule has 7 heteroatoms. The monoisotopic (exact) mass is 340 g/mol. The second-order valence-electron chi connectivity index (χ2n) is 3.87. The lowest BCUT2D eigenvalue weighted by Gasteiger charge is -2.00. The van der Waals surface area contributed by atoms with Crippen molar-refractivity contribution < 1.29 is 4.79 Å². The Labute approximate surface area is 133 Å². The second kappa shape index (κ2) is 6.13. The summed E-state index contributed by atoms with van der Waals surface area (Å²) in [6.07, 6.45) is 1.66. The van der Waals surface area contributed by atoms with E-state index in [1.165, 1.54) is 23.1 Å². The molecule has 3 nitrogen and oxygen atoms in total. The topological polar surface area (TPSA) is 42.0 Å². The van der Waals surface area contributed by atoms with Gasteiger partial charge in [-0.05, 0) is 6.07 Å². The molecule has 0 aliphatic rings. The van der Waals surface area contributed by atoms with Crippen molar-refractivity contribution >= 4 is 67.2 Å². The van der Waals surface area contributed by atoms with Crippen LogP contribution in [0.25, 0.3) is 10.1 Å². The van der Waals surface area contributed by atoms with E-state index in [1.807, 2.05) is 29.6 Å². The number of benzene rings is 1. The molecule has 2 heterocycles. The third-order valence-corrected chi connectivity index (χ3v) is 6.27. The number of nitrogens with one attached hydrogen (secondary N) is 1. The summed E-state index contributed by atoms with van der Waals surface area (Å²) in [5, 5.41) is 6.98. The molecule has 2 aromatic heterocycles. The summed E-state index contributed by atoms with van der Waals surface area (Å²) in [6, 6.07) is 7.97. The number of aromatic nitrogens is 1. The molecule has 20 heavy (non-hydrogen) atoms. The number of hydrogen-bond donors (Lipinski definition) is 1. The number of rotatable bonds is 4. The smallest absolute Gasteiger partial charge is 0.236 e. The van der Waals surface area contributed by atoms with Crippen LogP contribution in [0, 0.1) is 0 Å². The molecular formula is C13H9ClN2OS3. The first-order valence-corrected chi connectivity index (χ1v) is 8.79. The van der Waals surface area contributed by atoms with Crippen LogP contribution in [-0.2, 0) is 4.79 Å². The van der Waals surface area contributed by atoms with Gasteiger partial charge in [0.1, 0.15) is 0 Å². The maximum absolute atomic E-state index is 11.8. The molecule has 0 aliphatic heterocycles. The molecule has 1 amide bonds. The van der Waals surface area contributed by atoms with Crippen LogP contribution < -0.4 is 5.32 Å². The summed E-state index contributed by atoms with van der Waals surface area (Å²) < 4.78 is 2.11. The number of carbonyl (C=O) groups excluding carboxylic acids is 1. The Morgan fingerprint density at radius 3 is 3.00 bits per heavy atom. The maximum atomic E-state index is 11.8. The predicted octanol–water partition coefficient (Wildman–Crippen LogP) is 4.74. The lowest BCUT2D eigenvalue weighted by Crippen LogP contribution is -2.13. The van der Waals surface area contributed by atoms with E-state index in [0.717, 1.165) is 19.3 Å². The first-order valence-electron chi connectivity index (χ1n) is 5.73. The number of thiophene rings is 1. The molecule has 0 fully saturated rings. The molecule has 1 aromatic carbocycles. The summed E-state index contributed by atoms with van der Waals surface area (Å²) >= 11 is 10.8. The van der Waals surface area contributed by atoms with Crippen molar-refractivity contribution in [3.05, 3.63) is 40.9 Å². The number of halogens is 1. The largest absolute Gasteiger partial charge is 0.301 e. The summed E-state index contributed by atoms with van der Waals surface area (Å²) in [7, 11) is 0. The fraction of sp³-hybridized carbons (Fsp3) is 0.0769. The lowest BCUT2D eigenvalue weighted by atomic mass is 10.3. The second-order valence-corrected chi connectivity index (χ2v) is 7.44. The molecule has 0 aliphatic carbocycles. The number of carbonyl (C=O) groups is 1. The molecule has 0 bridgehead atoms. The van der Waals surface area contributed by atoms with Crippen molar-refractivity contribution in [2.75, 3.05) is 11.1 Å². The van der Waals surface area contributed by atoms with E-state index < -0.39 is 0 Å². The Bertz CT molecular complexity index is 739. The summed E-state index contributed by atoms with van der Waals surface area (Å²) in [5.41, 5.74) is 0. The Morgan fingerprint density at radius 2 is 2.25 bits per heavy atom. The molecule has 0 spiro atoms. The van der Waals surface area contributed by atoms with Gasteiger partial charge in [0.25, 0.3) is 0 Å². The molecule has 3 rings (SSSR count). The third-order valence-electron chi connectivity index (χ3n) is 2.52. The highest BCUT2D eigenvalue weighted by atomic mass is 35.5. The molecule has 0 radical (unpaired) electrons. The zero-order chi connectivity index (χ0) is 13.9. The van der Waals surface area contributed by atoms with Crippen LogP contribution in [0.3, 0.4) is 0 Å². The Morgan fingerprint density at radius 1 is 1.40 bits per heavy atom. The van der Waals surface area contributed by atoms with E-state index in [1.54, 1.807) is 17.5 Å². The number of fused-ring (bicyclic) bond motifs is 1. The van der Waals surface area contributed by atoms with E-state index in [4.69, 9.17) is 11.6 Å². The van der Waals surface area contributed by atoms with Gasteiger partial charge in [-0.15, -0.1) is 34.4 Å². The summed E-state index contributed by atoms with van der Waals surface area (Å²) in [4.78, 5) is 15.8. The van der Waals surface area contributed by atoms with Gasteiger partial charge in [0.15, 0.2) is 5.13 Å². The quantitative estimate of drug-likeness (QED) is 0.697. The van der Waals surface area contributed by atoms with Crippen LogP contribution in [0.4, 0.5) is 5.13 Å². The van der Waals surface area contributed by atoms with Gasteiger partial charge in [0.2, 0.25) is 5.91 Å². The van der Waals surface area contributed by atoms with Crippen molar-refractivity contribution in [2.45, 2.75) is 4.21 Å². The minimum Gasteiger partial charge on any atom is -0.301 e. The van der Waals surface area contributed by atoms with Crippen LogP contribution in [0.1, 0.15) is 0 Å². The predicted molar refractivity (Wildman–Crippen MR) is 88.3 cm³/mol. The van der Waals surface area contributed by atoms with Crippen LogP contribution in [0.5, 0.6) is 0 Å². The van der Waals surface area contributed by atoms with Gasteiger partial charge in [-0.2, -0.15) is 0 Å². The first kappa shape index (κ1) is 13.9. The zero-order valence-corrected chi connectivity index (χ0v) is 13.3. The lowest BCUT2D eigenvalue weighted by molar-refractivity contribution is -0.113. The molecule has 0 atom stereocenters. The van der Waals surface area contributed by atoms with Crippen LogP contribution in [0.2, 0.25) is 5.02 Å². The fourth-order valence-electron chi connectivity index (χ4n) is 1.66. The van der Waals surface area contributed by atoms with E-state index in [2.05, 4.69) is 10.3 Å². The maximum Gasteiger partial charge on any atom is 0.236 e. The van der Waals surface area contributed by atoms with Gasteiger partial charge in [-0.25, -0.2) is 4.98 Å². The number of thioether (sulfide) groups is 1. The number of anilines is 1. The Hall–Kier alpha value is -1.08. The number of hydrogen-bond acceptors (Lipinski definition) is 5. The van der Waals surface area contributed by atoms with Gasteiger partial charge < -0.3 is 5.32 Å². The minimum atomic E-state index is -0.0709. The van der Waals surface area contributed by atoms with Gasteiger partial charge in [-0.1, -0.05) is 29.8 Å². The van der Waals surface area contributed by atoms with Crippen molar-refractivity contribution in [1.29, 1.82) is 0 Å². The fourth-order valence-corrected chi connectivity index (χ4v) is 4.78. The number of nitrogens with zero attached hydrogens (tertiary/aromatic N) is 1. The SMILES string of the molecule is O=C(CSc1sc2ccccc2c1Cl)Nc1nccs1.